The molecule has 126 valence electrons. The molecule has 0 spiro atoms. The summed E-state index contributed by atoms with van der Waals surface area (Å²) in [6.07, 6.45) is -4.48. The lowest BCUT2D eigenvalue weighted by molar-refractivity contribution is -0.137. The van der Waals surface area contributed by atoms with Crippen molar-refractivity contribution >= 4 is 39.3 Å². The predicted octanol–water partition coefficient (Wildman–Crippen LogP) is 5.39. The molecule has 0 bridgehead atoms. The largest absolute Gasteiger partial charge is 0.416 e. The summed E-state index contributed by atoms with van der Waals surface area (Å²) in [5.74, 6) is -0.878. The molecule has 2 aromatic rings. The topological polar surface area (TPSA) is 20.3 Å². The lowest BCUT2D eigenvalue weighted by Gasteiger charge is -2.25. The van der Waals surface area contributed by atoms with Gasteiger partial charge in [0.2, 0.25) is 5.91 Å². The standard InChI is InChI=1S/C16H10BrF4NOS/c17-11-4-5-13(12(18)7-11)22-14(23)8-24-15(22)9-2-1-3-10(6-9)16(19,20)21/h1-7,15H,8H2. The minimum atomic E-state index is -4.48. The molecule has 1 heterocycles. The first-order valence-electron chi connectivity index (χ1n) is 6.83. The van der Waals surface area contributed by atoms with Gasteiger partial charge < -0.3 is 0 Å². The van der Waals surface area contributed by atoms with Crippen LogP contribution in [0.25, 0.3) is 0 Å². The van der Waals surface area contributed by atoms with E-state index in [2.05, 4.69) is 15.9 Å². The Bertz CT molecular complexity index is 796. The molecule has 1 unspecified atom stereocenters. The van der Waals surface area contributed by atoms with Crippen molar-refractivity contribution in [1.29, 1.82) is 0 Å². The number of carbonyl (C=O) groups excluding carboxylic acids is 1. The lowest BCUT2D eigenvalue weighted by atomic mass is 10.1. The van der Waals surface area contributed by atoms with Crippen molar-refractivity contribution in [2.45, 2.75) is 11.6 Å². The summed E-state index contributed by atoms with van der Waals surface area (Å²) >= 11 is 4.31. The third-order valence-corrected chi connectivity index (χ3v) is 5.24. The maximum atomic E-state index is 14.2. The van der Waals surface area contributed by atoms with Gasteiger partial charge in [0.1, 0.15) is 11.2 Å². The van der Waals surface area contributed by atoms with E-state index in [9.17, 15) is 22.4 Å². The molecule has 0 radical (unpaired) electrons. The van der Waals surface area contributed by atoms with Gasteiger partial charge in [-0.2, -0.15) is 13.2 Å². The summed E-state index contributed by atoms with van der Waals surface area (Å²) in [6.45, 7) is 0. The van der Waals surface area contributed by atoms with Gasteiger partial charge in [0.25, 0.3) is 0 Å². The Hall–Kier alpha value is -1.54. The molecule has 1 saturated heterocycles. The van der Waals surface area contributed by atoms with E-state index in [1.807, 2.05) is 0 Å². The van der Waals surface area contributed by atoms with Gasteiger partial charge in [-0.15, -0.1) is 11.8 Å². The summed E-state index contributed by atoms with van der Waals surface area (Å²) in [5.41, 5.74) is -0.435. The normalized spacial score (nSPS) is 18.3. The zero-order valence-corrected chi connectivity index (χ0v) is 14.4. The summed E-state index contributed by atoms with van der Waals surface area (Å²) < 4.78 is 53.5. The van der Waals surface area contributed by atoms with Gasteiger partial charge in [0.15, 0.2) is 0 Å². The minimum absolute atomic E-state index is 0.0515. The number of halogens is 5. The lowest BCUT2D eigenvalue weighted by Crippen LogP contribution is -2.28. The molecular formula is C16H10BrF4NOS. The number of thioether (sulfide) groups is 1. The number of rotatable bonds is 2. The van der Waals surface area contributed by atoms with Gasteiger partial charge in [-0.25, -0.2) is 4.39 Å². The number of hydrogen-bond donors (Lipinski definition) is 0. The Morgan fingerprint density at radius 3 is 2.58 bits per heavy atom. The molecule has 2 nitrogen and oxygen atoms in total. The van der Waals surface area contributed by atoms with Crippen LogP contribution < -0.4 is 4.90 Å². The number of amides is 1. The SMILES string of the molecule is O=C1CSC(c2cccc(C(F)(F)F)c2)N1c1ccc(Br)cc1F. The first kappa shape index (κ1) is 17.3. The first-order chi connectivity index (χ1) is 11.3. The monoisotopic (exact) mass is 419 g/mol. The van der Waals surface area contributed by atoms with E-state index in [1.54, 1.807) is 6.07 Å². The van der Waals surface area contributed by atoms with Crippen molar-refractivity contribution in [1.82, 2.24) is 0 Å². The van der Waals surface area contributed by atoms with Gasteiger partial charge in [-0.1, -0.05) is 28.1 Å². The van der Waals surface area contributed by atoms with Gasteiger partial charge in [-0.3, -0.25) is 9.69 Å². The number of alkyl halides is 3. The Morgan fingerprint density at radius 2 is 1.92 bits per heavy atom. The van der Waals surface area contributed by atoms with Crippen LogP contribution in [0.4, 0.5) is 23.2 Å². The predicted molar refractivity (Wildman–Crippen MR) is 88.2 cm³/mol. The number of nitrogens with zero attached hydrogens (tertiary/aromatic N) is 1. The molecule has 1 aliphatic heterocycles. The highest BCUT2D eigenvalue weighted by atomic mass is 79.9. The van der Waals surface area contributed by atoms with Crippen LogP contribution in [0, 0.1) is 5.82 Å². The van der Waals surface area contributed by atoms with Crippen molar-refractivity contribution in [3.8, 4) is 0 Å². The zero-order valence-electron chi connectivity index (χ0n) is 12.0. The highest BCUT2D eigenvalue weighted by Gasteiger charge is 2.37. The van der Waals surface area contributed by atoms with E-state index in [0.29, 0.717) is 10.0 Å². The molecular weight excluding hydrogens is 410 g/mol. The summed E-state index contributed by atoms with van der Waals surface area (Å²) in [6, 6.07) is 9.00. The molecule has 1 amide bonds. The maximum absolute atomic E-state index is 14.2. The molecule has 0 aliphatic carbocycles. The second-order valence-electron chi connectivity index (χ2n) is 5.15. The fourth-order valence-corrected chi connectivity index (χ4v) is 3.97. The molecule has 0 saturated carbocycles. The van der Waals surface area contributed by atoms with Crippen molar-refractivity contribution in [3.05, 3.63) is 63.9 Å². The molecule has 0 N–H and O–H groups in total. The molecule has 1 fully saturated rings. The average Bonchev–Trinajstić information content (AvgIpc) is 2.88. The van der Waals surface area contributed by atoms with E-state index in [0.717, 1.165) is 12.1 Å². The fourth-order valence-electron chi connectivity index (χ4n) is 2.48. The molecule has 0 aromatic heterocycles. The van der Waals surface area contributed by atoms with Crippen LogP contribution in [0.5, 0.6) is 0 Å². The van der Waals surface area contributed by atoms with E-state index >= 15 is 0 Å². The molecule has 3 rings (SSSR count). The van der Waals surface area contributed by atoms with Crippen molar-refractivity contribution < 1.29 is 22.4 Å². The van der Waals surface area contributed by atoms with Crippen LogP contribution in [0.15, 0.2) is 46.9 Å². The molecule has 24 heavy (non-hydrogen) atoms. The highest BCUT2D eigenvalue weighted by molar-refractivity contribution is 9.10. The number of benzene rings is 2. The Labute approximate surface area is 148 Å². The second kappa shape index (κ2) is 6.40. The molecule has 8 heteroatoms. The number of hydrogen-bond acceptors (Lipinski definition) is 2. The van der Waals surface area contributed by atoms with Crippen LogP contribution in [-0.4, -0.2) is 11.7 Å². The van der Waals surface area contributed by atoms with Gasteiger partial charge in [0, 0.05) is 4.47 Å². The van der Waals surface area contributed by atoms with Crippen LogP contribution in [0.3, 0.4) is 0 Å². The van der Waals surface area contributed by atoms with Crippen molar-refractivity contribution in [2.75, 3.05) is 10.7 Å². The highest BCUT2D eigenvalue weighted by Crippen LogP contribution is 2.44. The summed E-state index contributed by atoms with van der Waals surface area (Å²) in [4.78, 5) is 13.4. The van der Waals surface area contributed by atoms with Gasteiger partial charge >= 0.3 is 6.18 Å². The zero-order chi connectivity index (χ0) is 17.5. The average molecular weight is 420 g/mol. The van der Waals surface area contributed by atoms with E-state index in [-0.39, 0.29) is 17.3 Å². The van der Waals surface area contributed by atoms with Crippen LogP contribution in [0.2, 0.25) is 0 Å². The summed E-state index contributed by atoms with van der Waals surface area (Å²) in [7, 11) is 0. The smallest absolute Gasteiger partial charge is 0.292 e. The van der Waals surface area contributed by atoms with E-state index in [1.165, 1.54) is 40.9 Å². The Balaban J connectivity index is 2.02. The third kappa shape index (κ3) is 3.30. The van der Waals surface area contributed by atoms with E-state index < -0.39 is 22.9 Å². The Kier molecular flexibility index (Phi) is 4.61. The van der Waals surface area contributed by atoms with Crippen molar-refractivity contribution in [2.24, 2.45) is 0 Å². The van der Waals surface area contributed by atoms with Gasteiger partial charge in [-0.05, 0) is 35.9 Å². The van der Waals surface area contributed by atoms with E-state index in [4.69, 9.17) is 0 Å². The van der Waals surface area contributed by atoms with Crippen LogP contribution in [-0.2, 0) is 11.0 Å². The Morgan fingerprint density at radius 1 is 1.17 bits per heavy atom. The van der Waals surface area contributed by atoms with Crippen molar-refractivity contribution in [3.63, 3.8) is 0 Å². The maximum Gasteiger partial charge on any atom is 0.416 e. The van der Waals surface area contributed by atoms with Crippen LogP contribution in [0.1, 0.15) is 16.5 Å². The summed E-state index contributed by atoms with van der Waals surface area (Å²) in [5, 5.41) is -0.699. The quantitative estimate of drug-likeness (QED) is 0.608. The molecule has 1 atom stereocenters. The first-order valence-corrected chi connectivity index (χ1v) is 8.67. The molecule has 2 aromatic carbocycles. The third-order valence-electron chi connectivity index (χ3n) is 3.54. The minimum Gasteiger partial charge on any atom is -0.292 e. The number of anilines is 1. The molecule has 1 aliphatic rings. The van der Waals surface area contributed by atoms with Crippen LogP contribution >= 0.6 is 27.7 Å². The number of carbonyl (C=O) groups is 1. The fraction of sp³-hybridized carbons (Fsp3) is 0.188. The second-order valence-corrected chi connectivity index (χ2v) is 7.13. The van der Waals surface area contributed by atoms with Gasteiger partial charge in [0.05, 0.1) is 17.0 Å².